The Bertz CT molecular complexity index is 789. The Morgan fingerprint density at radius 3 is 1.67 bits per heavy atom. The van der Waals surface area contributed by atoms with Crippen molar-refractivity contribution in [2.75, 3.05) is 13.2 Å². The molecule has 0 spiro atoms. The second kappa shape index (κ2) is 9.86. The molecule has 2 aromatic rings. The van der Waals surface area contributed by atoms with Crippen molar-refractivity contribution in [1.82, 2.24) is 29.7 Å². The number of ether oxygens (including phenoxy) is 2. The average Bonchev–Trinajstić information content (AvgIpc) is 3.30. The fraction of sp³-hybridized carbons (Fsp3) is 0.600. The Morgan fingerprint density at radius 1 is 0.933 bits per heavy atom. The Labute approximate surface area is 176 Å². The molecule has 2 aromatic heterocycles. The Morgan fingerprint density at radius 2 is 1.33 bits per heavy atom. The van der Waals surface area contributed by atoms with Gasteiger partial charge in [-0.1, -0.05) is 0 Å². The van der Waals surface area contributed by atoms with Crippen LogP contribution in [0.1, 0.15) is 50.5 Å². The lowest BCUT2D eigenvalue weighted by atomic mass is 9.86. The van der Waals surface area contributed by atoms with Crippen LogP contribution in [0.5, 0.6) is 0 Å². The van der Waals surface area contributed by atoms with E-state index in [1.165, 1.54) is 0 Å². The second-order valence-corrected chi connectivity index (χ2v) is 7.70. The first kappa shape index (κ1) is 22.0. The molecule has 10 nitrogen and oxygen atoms in total. The lowest BCUT2D eigenvalue weighted by molar-refractivity contribution is -0.130. The first-order valence-electron chi connectivity index (χ1n) is 10.1. The number of nitrogens with one attached hydrogen (secondary N) is 2. The van der Waals surface area contributed by atoms with Gasteiger partial charge < -0.3 is 29.2 Å². The molecule has 0 radical (unpaired) electrons. The largest absolute Gasteiger partial charge is 0.361 e. The highest BCUT2D eigenvalue weighted by atomic mass is 16.5. The highest BCUT2D eigenvalue weighted by Crippen LogP contribution is 2.20. The first-order chi connectivity index (χ1) is 14.3. The standard InChI is InChI=1S/C20H30N6O4/c1-13(19-21-5-7-25(19)3)29-11-17(27)23-15-9-16(10-15)24-18(28)12-30-14(2)20-22-6-8-26(20)4/h5-8,13-16H,9-12H2,1-4H3,(H,23,27)(H,24,28). The van der Waals surface area contributed by atoms with Gasteiger partial charge >= 0.3 is 0 Å². The summed E-state index contributed by atoms with van der Waals surface area (Å²) in [5, 5.41) is 5.85. The van der Waals surface area contributed by atoms with Gasteiger partial charge in [-0.05, 0) is 26.7 Å². The van der Waals surface area contributed by atoms with Crippen LogP contribution in [0.4, 0.5) is 0 Å². The second-order valence-electron chi connectivity index (χ2n) is 7.70. The summed E-state index contributed by atoms with van der Waals surface area (Å²) in [5.74, 6) is 1.21. The number of carbonyl (C=O) groups is 2. The molecule has 1 aliphatic rings. The summed E-state index contributed by atoms with van der Waals surface area (Å²) < 4.78 is 14.9. The Kier molecular flexibility index (Phi) is 7.22. The van der Waals surface area contributed by atoms with E-state index in [2.05, 4.69) is 20.6 Å². The zero-order valence-electron chi connectivity index (χ0n) is 17.9. The summed E-state index contributed by atoms with van der Waals surface area (Å²) in [6.07, 6.45) is 7.92. The van der Waals surface area contributed by atoms with E-state index < -0.39 is 0 Å². The summed E-state index contributed by atoms with van der Waals surface area (Å²) in [4.78, 5) is 32.6. The summed E-state index contributed by atoms with van der Waals surface area (Å²) in [7, 11) is 3.77. The van der Waals surface area contributed by atoms with Gasteiger partial charge in [0, 0.05) is 51.0 Å². The van der Waals surface area contributed by atoms with Crippen LogP contribution in [0.2, 0.25) is 0 Å². The molecule has 2 unspecified atom stereocenters. The van der Waals surface area contributed by atoms with Crippen molar-refractivity contribution in [3.8, 4) is 0 Å². The molecular formula is C20H30N6O4. The van der Waals surface area contributed by atoms with Gasteiger partial charge in [0.1, 0.15) is 37.1 Å². The lowest BCUT2D eigenvalue weighted by Crippen LogP contribution is -2.54. The average molecular weight is 418 g/mol. The number of nitrogens with zero attached hydrogens (tertiary/aromatic N) is 4. The molecule has 2 atom stereocenters. The zero-order valence-corrected chi connectivity index (χ0v) is 17.9. The number of amides is 2. The Balaban J connectivity index is 1.28. The minimum atomic E-state index is -0.266. The molecule has 2 N–H and O–H groups in total. The SMILES string of the molecule is CC(OCC(=O)NC1CC(NC(=O)COC(C)c2nccn2C)C1)c1nccn1C. The fourth-order valence-electron chi connectivity index (χ4n) is 3.48. The van der Waals surface area contributed by atoms with Crippen molar-refractivity contribution in [1.29, 1.82) is 0 Å². The number of imidazole rings is 2. The number of aryl methyl sites for hydroxylation is 2. The maximum absolute atomic E-state index is 12.1. The van der Waals surface area contributed by atoms with Gasteiger partial charge in [-0.25, -0.2) is 9.97 Å². The smallest absolute Gasteiger partial charge is 0.246 e. The molecule has 0 saturated heterocycles. The predicted octanol–water partition coefficient (Wildman–Crippen LogP) is 0.772. The molecule has 10 heteroatoms. The molecule has 0 bridgehead atoms. The summed E-state index contributed by atoms with van der Waals surface area (Å²) in [5.41, 5.74) is 0. The van der Waals surface area contributed by atoms with Crippen molar-refractivity contribution in [3.05, 3.63) is 36.4 Å². The fourth-order valence-corrected chi connectivity index (χ4v) is 3.48. The van der Waals surface area contributed by atoms with Gasteiger partial charge in [0.15, 0.2) is 0 Å². The van der Waals surface area contributed by atoms with E-state index in [4.69, 9.17) is 9.47 Å². The van der Waals surface area contributed by atoms with Crippen molar-refractivity contribution >= 4 is 11.8 Å². The normalized spacial score (nSPS) is 20.3. The van der Waals surface area contributed by atoms with Crippen LogP contribution < -0.4 is 10.6 Å². The lowest BCUT2D eigenvalue weighted by Gasteiger charge is -2.36. The summed E-state index contributed by atoms with van der Waals surface area (Å²) >= 11 is 0. The van der Waals surface area contributed by atoms with E-state index in [0.29, 0.717) is 12.8 Å². The van der Waals surface area contributed by atoms with Crippen LogP contribution in [-0.4, -0.2) is 56.2 Å². The topological polar surface area (TPSA) is 112 Å². The number of aromatic nitrogens is 4. The van der Waals surface area contributed by atoms with Crippen LogP contribution in [0.15, 0.2) is 24.8 Å². The maximum atomic E-state index is 12.1. The summed E-state index contributed by atoms with van der Waals surface area (Å²) in [6, 6.07) is 0.0876. The third-order valence-electron chi connectivity index (χ3n) is 5.24. The highest BCUT2D eigenvalue weighted by molar-refractivity contribution is 5.78. The van der Waals surface area contributed by atoms with Gasteiger partial charge in [-0.2, -0.15) is 0 Å². The molecule has 0 aromatic carbocycles. The van der Waals surface area contributed by atoms with E-state index in [1.54, 1.807) is 12.4 Å². The number of hydrogen-bond acceptors (Lipinski definition) is 6. The predicted molar refractivity (Wildman–Crippen MR) is 108 cm³/mol. The molecule has 0 aliphatic heterocycles. The van der Waals surface area contributed by atoms with E-state index in [0.717, 1.165) is 11.6 Å². The Hall–Kier alpha value is -2.72. The van der Waals surface area contributed by atoms with Crippen LogP contribution in [-0.2, 0) is 33.2 Å². The minimum absolute atomic E-state index is 0.0273. The van der Waals surface area contributed by atoms with E-state index in [9.17, 15) is 9.59 Å². The minimum Gasteiger partial charge on any atom is -0.361 e. The van der Waals surface area contributed by atoms with Crippen LogP contribution >= 0.6 is 0 Å². The molecule has 2 amide bonds. The monoisotopic (exact) mass is 418 g/mol. The number of carbonyl (C=O) groups excluding carboxylic acids is 2. The number of hydrogen-bond donors (Lipinski definition) is 2. The van der Waals surface area contributed by atoms with E-state index in [1.807, 2.05) is 49.5 Å². The van der Waals surface area contributed by atoms with E-state index in [-0.39, 0.29) is 49.3 Å². The van der Waals surface area contributed by atoms with Crippen LogP contribution in [0.3, 0.4) is 0 Å². The van der Waals surface area contributed by atoms with Crippen molar-refractivity contribution in [2.45, 2.75) is 51.0 Å². The van der Waals surface area contributed by atoms with Crippen LogP contribution in [0, 0.1) is 0 Å². The van der Waals surface area contributed by atoms with Gasteiger partial charge in [0.05, 0.1) is 0 Å². The quantitative estimate of drug-likeness (QED) is 0.590. The van der Waals surface area contributed by atoms with E-state index >= 15 is 0 Å². The van der Waals surface area contributed by atoms with Gasteiger partial charge in [0.25, 0.3) is 0 Å². The third kappa shape index (κ3) is 5.67. The molecule has 1 saturated carbocycles. The molecule has 2 heterocycles. The number of rotatable bonds is 10. The maximum Gasteiger partial charge on any atom is 0.246 e. The van der Waals surface area contributed by atoms with Crippen molar-refractivity contribution in [2.24, 2.45) is 14.1 Å². The van der Waals surface area contributed by atoms with Gasteiger partial charge in [-0.3, -0.25) is 9.59 Å². The highest BCUT2D eigenvalue weighted by Gasteiger charge is 2.31. The molecular weight excluding hydrogens is 388 g/mol. The molecule has 164 valence electrons. The molecule has 3 rings (SSSR count). The molecule has 1 aliphatic carbocycles. The molecule has 1 fully saturated rings. The zero-order chi connectivity index (χ0) is 21.7. The third-order valence-corrected chi connectivity index (χ3v) is 5.24. The van der Waals surface area contributed by atoms with Crippen molar-refractivity contribution < 1.29 is 19.1 Å². The molecule has 30 heavy (non-hydrogen) atoms. The van der Waals surface area contributed by atoms with Gasteiger partial charge in [-0.15, -0.1) is 0 Å². The van der Waals surface area contributed by atoms with Crippen LogP contribution in [0.25, 0.3) is 0 Å². The van der Waals surface area contributed by atoms with Gasteiger partial charge in [0.2, 0.25) is 11.8 Å². The summed E-state index contributed by atoms with van der Waals surface area (Å²) in [6.45, 7) is 3.67. The first-order valence-corrected chi connectivity index (χ1v) is 10.1. The van der Waals surface area contributed by atoms with Crippen molar-refractivity contribution in [3.63, 3.8) is 0 Å².